The number of ether oxygens (including phenoxy) is 3. The molecule has 0 saturated carbocycles. The highest BCUT2D eigenvalue weighted by molar-refractivity contribution is 5.87. The Hall–Kier alpha value is -4.62. The molecule has 7 heteroatoms. The van der Waals surface area contributed by atoms with Gasteiger partial charge >= 0.3 is 5.97 Å². The van der Waals surface area contributed by atoms with Gasteiger partial charge in [0.05, 0.1) is 7.11 Å². The van der Waals surface area contributed by atoms with E-state index in [0.717, 1.165) is 16.7 Å². The maximum absolute atomic E-state index is 12.8. The minimum Gasteiger partial charge on any atom is -0.485 e. The second-order valence-electron chi connectivity index (χ2n) is 8.93. The summed E-state index contributed by atoms with van der Waals surface area (Å²) in [5.41, 5.74) is 3.15. The highest BCUT2D eigenvalue weighted by atomic mass is 16.5. The summed E-state index contributed by atoms with van der Waals surface area (Å²) in [7, 11) is 1.25. The van der Waals surface area contributed by atoms with Gasteiger partial charge in [0, 0.05) is 6.42 Å². The van der Waals surface area contributed by atoms with Gasteiger partial charge in [0.25, 0.3) is 5.91 Å². The maximum Gasteiger partial charge on any atom is 0.328 e. The number of aliphatic hydroxyl groups is 1. The fraction of sp³-hybridized carbons (Fsp3) is 0.188. The van der Waals surface area contributed by atoms with E-state index in [1.54, 1.807) is 42.5 Å². The van der Waals surface area contributed by atoms with Crippen molar-refractivity contribution < 1.29 is 28.9 Å². The number of hydrogen-bond acceptors (Lipinski definition) is 6. The molecule has 0 bridgehead atoms. The average molecular weight is 526 g/mol. The predicted molar refractivity (Wildman–Crippen MR) is 147 cm³/mol. The number of carbonyl (C=O) groups excluding carboxylic acids is 2. The molecule has 4 rings (SSSR count). The lowest BCUT2D eigenvalue weighted by Gasteiger charge is -2.20. The number of nitrogens with one attached hydrogen (secondary N) is 1. The monoisotopic (exact) mass is 525 g/mol. The Bertz CT molecular complexity index is 1350. The fourth-order valence-corrected chi connectivity index (χ4v) is 3.99. The van der Waals surface area contributed by atoms with E-state index in [4.69, 9.17) is 14.2 Å². The lowest BCUT2D eigenvalue weighted by Crippen LogP contribution is -2.45. The van der Waals surface area contributed by atoms with Crippen LogP contribution in [0.25, 0.3) is 0 Å². The van der Waals surface area contributed by atoms with E-state index in [9.17, 15) is 14.7 Å². The number of amides is 1. The van der Waals surface area contributed by atoms with Crippen molar-refractivity contribution in [2.45, 2.75) is 31.8 Å². The van der Waals surface area contributed by atoms with Crippen molar-refractivity contribution in [3.8, 4) is 11.5 Å². The Morgan fingerprint density at radius 3 is 1.82 bits per heavy atom. The maximum atomic E-state index is 12.8. The highest BCUT2D eigenvalue weighted by Gasteiger charge is 2.26. The number of rotatable bonds is 12. The second kappa shape index (κ2) is 13.8. The summed E-state index contributed by atoms with van der Waals surface area (Å²) in [6.07, 6.45) is -1.29. The Kier molecular flexibility index (Phi) is 9.69. The number of esters is 1. The SMILES string of the molecule is COC(=O)[C@H](Cc1ccc(OCc2ccccc2)c(OCc2ccccc2)c1)NC(=O)[C@@H](O)c1ccccc1. The predicted octanol–water partition coefficient (Wildman–Crippen LogP) is 4.78. The molecule has 0 aliphatic heterocycles. The minimum absolute atomic E-state index is 0.126. The van der Waals surface area contributed by atoms with E-state index in [0.29, 0.717) is 30.3 Å². The van der Waals surface area contributed by atoms with Crippen molar-refractivity contribution in [3.63, 3.8) is 0 Å². The summed E-state index contributed by atoms with van der Waals surface area (Å²) >= 11 is 0. The normalized spacial score (nSPS) is 12.2. The number of benzene rings is 4. The molecule has 0 unspecified atom stereocenters. The van der Waals surface area contributed by atoms with Gasteiger partial charge in [-0.1, -0.05) is 97.1 Å². The molecule has 1 amide bonds. The first-order chi connectivity index (χ1) is 19.0. The molecule has 0 fully saturated rings. The van der Waals surface area contributed by atoms with Gasteiger partial charge in [0.15, 0.2) is 17.6 Å². The third-order valence-electron chi connectivity index (χ3n) is 6.09. The van der Waals surface area contributed by atoms with Crippen molar-refractivity contribution in [2.24, 2.45) is 0 Å². The van der Waals surface area contributed by atoms with E-state index in [2.05, 4.69) is 5.32 Å². The van der Waals surface area contributed by atoms with Crippen LogP contribution < -0.4 is 14.8 Å². The van der Waals surface area contributed by atoms with E-state index in [1.807, 2.05) is 66.7 Å². The number of aliphatic hydroxyl groups excluding tert-OH is 1. The molecule has 0 aromatic heterocycles. The number of hydrogen-bond donors (Lipinski definition) is 2. The standard InChI is InChI=1S/C32H31NO6/c1-37-32(36)27(33-31(35)30(34)26-15-9-4-10-16-26)19-25-17-18-28(38-21-23-11-5-2-6-12-23)29(20-25)39-22-24-13-7-3-8-14-24/h2-18,20,27,30,34H,19,21-22H2,1H3,(H,33,35)/t27-,30-/m0/s1. The lowest BCUT2D eigenvalue weighted by atomic mass is 10.0. The molecule has 0 spiro atoms. The zero-order chi connectivity index (χ0) is 27.5. The molecule has 2 N–H and O–H groups in total. The van der Waals surface area contributed by atoms with Crippen LogP contribution in [-0.4, -0.2) is 30.1 Å². The van der Waals surface area contributed by atoms with Crippen molar-refractivity contribution in [1.29, 1.82) is 0 Å². The molecule has 4 aromatic carbocycles. The van der Waals surface area contributed by atoms with Crippen LogP contribution in [0.3, 0.4) is 0 Å². The van der Waals surface area contributed by atoms with Crippen molar-refractivity contribution >= 4 is 11.9 Å². The topological polar surface area (TPSA) is 94.1 Å². The van der Waals surface area contributed by atoms with Crippen molar-refractivity contribution in [1.82, 2.24) is 5.32 Å². The molecule has 2 atom stereocenters. The van der Waals surface area contributed by atoms with Crippen LogP contribution in [0.4, 0.5) is 0 Å². The largest absolute Gasteiger partial charge is 0.485 e. The molecule has 39 heavy (non-hydrogen) atoms. The summed E-state index contributed by atoms with van der Waals surface area (Å²) in [6.45, 7) is 0.687. The van der Waals surface area contributed by atoms with Crippen LogP contribution in [0.15, 0.2) is 109 Å². The van der Waals surface area contributed by atoms with Crippen LogP contribution >= 0.6 is 0 Å². The number of methoxy groups -OCH3 is 1. The molecular formula is C32H31NO6. The van der Waals surface area contributed by atoms with Crippen LogP contribution in [0.1, 0.15) is 28.4 Å². The van der Waals surface area contributed by atoms with E-state index in [-0.39, 0.29) is 6.42 Å². The zero-order valence-electron chi connectivity index (χ0n) is 21.7. The average Bonchev–Trinajstić information content (AvgIpc) is 2.99. The lowest BCUT2D eigenvalue weighted by molar-refractivity contribution is -0.146. The Morgan fingerprint density at radius 1 is 0.718 bits per heavy atom. The van der Waals surface area contributed by atoms with Crippen LogP contribution in [0.2, 0.25) is 0 Å². The van der Waals surface area contributed by atoms with Gasteiger partial charge in [0.2, 0.25) is 0 Å². The van der Waals surface area contributed by atoms with Crippen LogP contribution in [-0.2, 0) is 34.0 Å². The molecule has 7 nitrogen and oxygen atoms in total. The third-order valence-corrected chi connectivity index (χ3v) is 6.09. The summed E-state index contributed by atoms with van der Waals surface area (Å²) in [5, 5.41) is 13.1. The summed E-state index contributed by atoms with van der Waals surface area (Å²) in [5.74, 6) is -0.261. The van der Waals surface area contributed by atoms with Gasteiger partial charge in [-0.3, -0.25) is 4.79 Å². The van der Waals surface area contributed by atoms with Gasteiger partial charge in [-0.25, -0.2) is 4.79 Å². The van der Waals surface area contributed by atoms with Crippen LogP contribution in [0, 0.1) is 0 Å². The third kappa shape index (κ3) is 7.93. The number of carbonyl (C=O) groups is 2. The molecule has 0 aliphatic carbocycles. The highest BCUT2D eigenvalue weighted by Crippen LogP contribution is 2.31. The van der Waals surface area contributed by atoms with Crippen LogP contribution in [0.5, 0.6) is 11.5 Å². The zero-order valence-corrected chi connectivity index (χ0v) is 21.7. The second-order valence-corrected chi connectivity index (χ2v) is 8.93. The minimum atomic E-state index is -1.42. The van der Waals surface area contributed by atoms with Crippen molar-refractivity contribution in [3.05, 3.63) is 131 Å². The molecular weight excluding hydrogens is 494 g/mol. The first kappa shape index (κ1) is 27.4. The Morgan fingerprint density at radius 2 is 1.26 bits per heavy atom. The summed E-state index contributed by atoms with van der Waals surface area (Å²) in [6, 6.07) is 32.4. The van der Waals surface area contributed by atoms with Gasteiger partial charge in [-0.05, 0) is 34.4 Å². The molecule has 0 radical (unpaired) electrons. The molecule has 200 valence electrons. The smallest absolute Gasteiger partial charge is 0.328 e. The van der Waals surface area contributed by atoms with E-state index < -0.39 is 24.0 Å². The molecule has 4 aromatic rings. The Labute approximate surface area is 228 Å². The first-order valence-corrected chi connectivity index (χ1v) is 12.6. The quantitative estimate of drug-likeness (QED) is 0.259. The van der Waals surface area contributed by atoms with E-state index >= 15 is 0 Å². The molecule has 0 saturated heterocycles. The van der Waals surface area contributed by atoms with Crippen molar-refractivity contribution in [2.75, 3.05) is 7.11 Å². The van der Waals surface area contributed by atoms with E-state index in [1.165, 1.54) is 7.11 Å². The van der Waals surface area contributed by atoms with Gasteiger partial charge in [-0.2, -0.15) is 0 Å². The fourth-order valence-electron chi connectivity index (χ4n) is 3.99. The Balaban J connectivity index is 1.52. The van der Waals surface area contributed by atoms with Gasteiger partial charge < -0.3 is 24.6 Å². The first-order valence-electron chi connectivity index (χ1n) is 12.6. The summed E-state index contributed by atoms with van der Waals surface area (Å²) < 4.78 is 17.1. The molecule has 0 heterocycles. The van der Waals surface area contributed by atoms with Gasteiger partial charge in [-0.15, -0.1) is 0 Å². The van der Waals surface area contributed by atoms with Gasteiger partial charge in [0.1, 0.15) is 19.3 Å². The summed E-state index contributed by atoms with van der Waals surface area (Å²) in [4.78, 5) is 25.3. The molecule has 0 aliphatic rings.